The summed E-state index contributed by atoms with van der Waals surface area (Å²) in [4.78, 5) is 10.6. The lowest BCUT2D eigenvalue weighted by Crippen LogP contribution is -2.62. The maximum atomic E-state index is 10.6. The Balaban J connectivity index is 2.57. The molecule has 0 aliphatic heterocycles. The van der Waals surface area contributed by atoms with E-state index in [0.29, 0.717) is 0 Å². The van der Waals surface area contributed by atoms with E-state index in [0.717, 1.165) is 19.3 Å². The first-order chi connectivity index (χ1) is 4.21. The Kier molecular flexibility index (Phi) is 1.42. The third kappa shape index (κ3) is 0.799. The second-order valence-corrected chi connectivity index (χ2v) is 2.44. The van der Waals surface area contributed by atoms with Gasteiger partial charge in [-0.2, -0.15) is 0 Å². The van der Waals surface area contributed by atoms with E-state index in [1.807, 2.05) is 0 Å². The Morgan fingerprint density at radius 1 is 1.56 bits per heavy atom. The lowest BCUT2D eigenvalue weighted by molar-refractivity contribution is -0.127. The van der Waals surface area contributed by atoms with Crippen LogP contribution in [0.4, 0.5) is 0 Å². The highest BCUT2D eigenvalue weighted by atomic mass is 16.1. The van der Waals surface area contributed by atoms with E-state index in [9.17, 15) is 4.79 Å². The Hall–Kier alpha value is -0.610. The highest BCUT2D eigenvalue weighted by Gasteiger charge is 2.41. The molecule has 0 bridgehead atoms. The van der Waals surface area contributed by atoms with Gasteiger partial charge >= 0.3 is 0 Å². The molecule has 5 N–H and O–H groups in total. The van der Waals surface area contributed by atoms with E-state index in [1.54, 1.807) is 0 Å². The van der Waals surface area contributed by atoms with Crippen LogP contribution < -0.4 is 17.0 Å². The molecule has 1 aliphatic rings. The summed E-state index contributed by atoms with van der Waals surface area (Å²) in [6.07, 6.45) is 2.59. The van der Waals surface area contributed by atoms with Crippen molar-refractivity contribution in [1.82, 2.24) is 5.43 Å². The lowest BCUT2D eigenvalue weighted by Gasteiger charge is -2.37. The molecular formula is C5H11N3O. The van der Waals surface area contributed by atoms with Gasteiger partial charge in [0.25, 0.3) is 0 Å². The number of primary amides is 1. The SMILES string of the molecule is NNC1(C(N)=O)CCC1. The molecule has 9 heavy (non-hydrogen) atoms. The van der Waals surface area contributed by atoms with Crippen LogP contribution in [-0.4, -0.2) is 11.4 Å². The number of amides is 1. The molecule has 1 aliphatic carbocycles. The van der Waals surface area contributed by atoms with Crippen molar-refractivity contribution in [3.05, 3.63) is 0 Å². The first-order valence-corrected chi connectivity index (χ1v) is 2.99. The van der Waals surface area contributed by atoms with E-state index >= 15 is 0 Å². The van der Waals surface area contributed by atoms with Crippen LogP contribution in [-0.2, 0) is 4.79 Å². The molecule has 1 fully saturated rings. The number of carbonyl (C=O) groups is 1. The molecule has 1 rings (SSSR count). The van der Waals surface area contributed by atoms with Crippen molar-refractivity contribution < 1.29 is 4.79 Å². The Labute approximate surface area is 53.6 Å². The van der Waals surface area contributed by atoms with E-state index < -0.39 is 5.54 Å². The minimum absolute atomic E-state index is 0.337. The van der Waals surface area contributed by atoms with Gasteiger partial charge in [0.2, 0.25) is 5.91 Å². The van der Waals surface area contributed by atoms with Crippen molar-refractivity contribution in [3.63, 3.8) is 0 Å². The largest absolute Gasteiger partial charge is 0.368 e. The predicted molar refractivity (Wildman–Crippen MR) is 33.1 cm³/mol. The molecule has 0 spiro atoms. The molecule has 0 aromatic heterocycles. The van der Waals surface area contributed by atoms with Gasteiger partial charge in [-0.05, 0) is 19.3 Å². The molecule has 0 atom stereocenters. The zero-order valence-corrected chi connectivity index (χ0v) is 5.18. The molecule has 0 aromatic carbocycles. The Bertz CT molecular complexity index is 125. The summed E-state index contributed by atoms with van der Waals surface area (Å²) in [7, 11) is 0. The average Bonchev–Trinajstić information content (AvgIpc) is 1.62. The Morgan fingerprint density at radius 2 is 2.11 bits per heavy atom. The summed E-state index contributed by atoms with van der Waals surface area (Å²) in [5.74, 6) is 4.78. The molecule has 0 aromatic rings. The van der Waals surface area contributed by atoms with Gasteiger partial charge in [0.05, 0.1) is 0 Å². The fourth-order valence-electron chi connectivity index (χ4n) is 0.992. The van der Waals surface area contributed by atoms with Gasteiger partial charge in [0.15, 0.2) is 0 Å². The van der Waals surface area contributed by atoms with E-state index in [2.05, 4.69) is 5.43 Å². The van der Waals surface area contributed by atoms with E-state index in [-0.39, 0.29) is 5.91 Å². The number of carbonyl (C=O) groups excluding carboxylic acids is 1. The maximum absolute atomic E-state index is 10.6. The van der Waals surface area contributed by atoms with Crippen molar-refractivity contribution in [2.75, 3.05) is 0 Å². The molecule has 0 unspecified atom stereocenters. The third-order valence-corrected chi connectivity index (χ3v) is 1.96. The second-order valence-electron chi connectivity index (χ2n) is 2.44. The standard InChI is InChI=1S/C5H11N3O/c6-4(9)5(8-7)2-1-3-5/h8H,1-3,7H2,(H2,6,9). The number of hydrogen-bond donors (Lipinski definition) is 3. The van der Waals surface area contributed by atoms with Crippen LogP contribution in [0, 0.1) is 0 Å². The van der Waals surface area contributed by atoms with Crippen LogP contribution in [0.5, 0.6) is 0 Å². The lowest BCUT2D eigenvalue weighted by atomic mass is 9.77. The van der Waals surface area contributed by atoms with E-state index in [4.69, 9.17) is 11.6 Å². The molecule has 4 nitrogen and oxygen atoms in total. The highest BCUT2D eigenvalue weighted by Crippen LogP contribution is 2.30. The highest BCUT2D eigenvalue weighted by molar-refractivity contribution is 5.85. The van der Waals surface area contributed by atoms with Crippen LogP contribution in [0.1, 0.15) is 19.3 Å². The Morgan fingerprint density at radius 3 is 2.11 bits per heavy atom. The first-order valence-electron chi connectivity index (χ1n) is 2.99. The van der Waals surface area contributed by atoms with Gasteiger partial charge < -0.3 is 5.73 Å². The van der Waals surface area contributed by atoms with Crippen LogP contribution in [0.15, 0.2) is 0 Å². The van der Waals surface area contributed by atoms with Crippen LogP contribution in [0.2, 0.25) is 0 Å². The molecule has 0 radical (unpaired) electrons. The van der Waals surface area contributed by atoms with Crippen molar-refractivity contribution in [1.29, 1.82) is 0 Å². The van der Waals surface area contributed by atoms with Gasteiger partial charge in [-0.1, -0.05) is 0 Å². The van der Waals surface area contributed by atoms with Gasteiger partial charge in [0.1, 0.15) is 5.54 Å². The van der Waals surface area contributed by atoms with Crippen molar-refractivity contribution in [2.45, 2.75) is 24.8 Å². The minimum Gasteiger partial charge on any atom is -0.368 e. The molecule has 1 amide bonds. The minimum atomic E-state index is -0.569. The summed E-state index contributed by atoms with van der Waals surface area (Å²) in [6, 6.07) is 0. The van der Waals surface area contributed by atoms with Gasteiger partial charge in [0, 0.05) is 0 Å². The summed E-state index contributed by atoms with van der Waals surface area (Å²) in [5.41, 5.74) is 6.93. The smallest absolute Gasteiger partial charge is 0.239 e. The molecular weight excluding hydrogens is 118 g/mol. The summed E-state index contributed by atoms with van der Waals surface area (Å²) in [5, 5.41) is 0. The summed E-state index contributed by atoms with van der Waals surface area (Å²) < 4.78 is 0. The zero-order chi connectivity index (χ0) is 6.91. The summed E-state index contributed by atoms with van der Waals surface area (Å²) in [6.45, 7) is 0. The third-order valence-electron chi connectivity index (χ3n) is 1.96. The number of nitrogens with two attached hydrogens (primary N) is 2. The fourth-order valence-corrected chi connectivity index (χ4v) is 0.992. The molecule has 52 valence electrons. The average molecular weight is 129 g/mol. The molecule has 1 saturated carbocycles. The predicted octanol–water partition coefficient (Wildman–Crippen LogP) is -1.14. The van der Waals surface area contributed by atoms with Crippen molar-refractivity contribution in [2.24, 2.45) is 11.6 Å². The molecule has 4 heteroatoms. The quantitative estimate of drug-likeness (QED) is 0.325. The van der Waals surface area contributed by atoms with Crippen LogP contribution in [0.25, 0.3) is 0 Å². The number of hydrazine groups is 1. The van der Waals surface area contributed by atoms with Crippen LogP contribution >= 0.6 is 0 Å². The van der Waals surface area contributed by atoms with Gasteiger partial charge in [-0.25, -0.2) is 5.43 Å². The molecule has 0 heterocycles. The number of rotatable bonds is 2. The number of nitrogens with one attached hydrogen (secondary N) is 1. The maximum Gasteiger partial charge on any atom is 0.239 e. The second kappa shape index (κ2) is 1.97. The van der Waals surface area contributed by atoms with Gasteiger partial charge in [-0.3, -0.25) is 10.6 Å². The van der Waals surface area contributed by atoms with Crippen molar-refractivity contribution >= 4 is 5.91 Å². The topological polar surface area (TPSA) is 81.1 Å². The summed E-state index contributed by atoms with van der Waals surface area (Å²) >= 11 is 0. The van der Waals surface area contributed by atoms with Crippen LogP contribution in [0.3, 0.4) is 0 Å². The zero-order valence-electron chi connectivity index (χ0n) is 5.18. The molecule has 0 saturated heterocycles. The van der Waals surface area contributed by atoms with Gasteiger partial charge in [-0.15, -0.1) is 0 Å². The van der Waals surface area contributed by atoms with Crippen molar-refractivity contribution in [3.8, 4) is 0 Å². The normalized spacial score (nSPS) is 22.8. The monoisotopic (exact) mass is 129 g/mol. The van der Waals surface area contributed by atoms with E-state index in [1.165, 1.54) is 0 Å². The number of hydrogen-bond acceptors (Lipinski definition) is 3. The fraction of sp³-hybridized carbons (Fsp3) is 0.800. The first kappa shape index (κ1) is 6.51.